The van der Waals surface area contributed by atoms with Gasteiger partial charge in [0, 0.05) is 18.2 Å². The molecule has 2 rings (SSSR count). The topological polar surface area (TPSA) is 89.1 Å². The zero-order valence-corrected chi connectivity index (χ0v) is 12.4. The summed E-state index contributed by atoms with van der Waals surface area (Å²) in [6.07, 6.45) is 2.85. The van der Waals surface area contributed by atoms with Gasteiger partial charge in [0.15, 0.2) is 0 Å². The second-order valence-electron chi connectivity index (χ2n) is 5.66. The first-order chi connectivity index (χ1) is 9.51. The number of rotatable bonds is 6. The van der Waals surface area contributed by atoms with Gasteiger partial charge in [0.25, 0.3) is 11.3 Å². The minimum Gasteiger partial charge on any atom is -0.330 e. The molecule has 20 heavy (non-hydrogen) atoms. The van der Waals surface area contributed by atoms with Crippen LogP contribution in [0.3, 0.4) is 0 Å². The molecular formula is C14H23N5O. The minimum atomic E-state index is -0.117. The van der Waals surface area contributed by atoms with Gasteiger partial charge in [-0.3, -0.25) is 9.89 Å². The first-order valence-electron chi connectivity index (χ1n) is 7.16. The highest BCUT2D eigenvalue weighted by Crippen LogP contribution is 2.20. The Balaban J connectivity index is 2.14. The molecule has 2 aromatic heterocycles. The zero-order chi connectivity index (χ0) is 14.7. The fraction of sp³-hybridized carbons (Fsp3) is 0.643. The van der Waals surface area contributed by atoms with Crippen LogP contribution in [-0.4, -0.2) is 26.1 Å². The van der Waals surface area contributed by atoms with Gasteiger partial charge < -0.3 is 5.73 Å². The predicted octanol–water partition coefficient (Wildman–Crippen LogP) is 1.28. The van der Waals surface area contributed by atoms with Crippen LogP contribution < -0.4 is 11.3 Å². The van der Waals surface area contributed by atoms with Gasteiger partial charge in [-0.2, -0.15) is 9.50 Å². The second-order valence-corrected chi connectivity index (χ2v) is 5.66. The molecule has 0 aliphatic heterocycles. The Bertz CT molecular complexity index is 628. The molecule has 1 unspecified atom stereocenters. The Morgan fingerprint density at radius 3 is 2.75 bits per heavy atom. The van der Waals surface area contributed by atoms with Crippen molar-refractivity contribution in [2.24, 2.45) is 17.6 Å². The van der Waals surface area contributed by atoms with E-state index in [4.69, 9.17) is 5.73 Å². The minimum absolute atomic E-state index is 0.117. The number of nitrogens with zero attached hydrogens (tertiary/aromatic N) is 3. The molecule has 2 heterocycles. The van der Waals surface area contributed by atoms with E-state index < -0.39 is 0 Å². The fourth-order valence-corrected chi connectivity index (χ4v) is 2.50. The summed E-state index contributed by atoms with van der Waals surface area (Å²) in [4.78, 5) is 20.4. The molecule has 6 heteroatoms. The van der Waals surface area contributed by atoms with Gasteiger partial charge in [-0.1, -0.05) is 13.8 Å². The van der Waals surface area contributed by atoms with E-state index in [1.807, 2.05) is 0 Å². The number of fused-ring (bicyclic) bond motifs is 1. The van der Waals surface area contributed by atoms with Crippen LogP contribution in [0.1, 0.15) is 38.2 Å². The number of aromatic nitrogens is 4. The fourth-order valence-electron chi connectivity index (χ4n) is 2.50. The van der Waals surface area contributed by atoms with E-state index >= 15 is 0 Å². The number of hydrogen-bond acceptors (Lipinski definition) is 4. The molecule has 0 spiro atoms. The molecule has 6 nitrogen and oxygen atoms in total. The lowest BCUT2D eigenvalue weighted by atomic mass is 9.88. The molecule has 1 atom stereocenters. The molecule has 0 radical (unpaired) electrons. The van der Waals surface area contributed by atoms with Crippen molar-refractivity contribution in [1.82, 2.24) is 19.6 Å². The highest BCUT2D eigenvalue weighted by Gasteiger charge is 2.14. The monoisotopic (exact) mass is 277 g/mol. The van der Waals surface area contributed by atoms with E-state index in [1.54, 1.807) is 6.92 Å². The summed E-state index contributed by atoms with van der Waals surface area (Å²) in [7, 11) is 0. The van der Waals surface area contributed by atoms with Crippen LogP contribution in [0.25, 0.3) is 5.78 Å². The molecule has 0 aliphatic carbocycles. The Hall–Kier alpha value is -1.69. The van der Waals surface area contributed by atoms with Gasteiger partial charge >= 0.3 is 0 Å². The molecule has 0 fully saturated rings. The maximum atomic E-state index is 11.8. The van der Waals surface area contributed by atoms with Crippen LogP contribution in [0.5, 0.6) is 0 Å². The summed E-state index contributed by atoms with van der Waals surface area (Å²) < 4.78 is 1.40. The molecule has 0 aliphatic rings. The summed E-state index contributed by atoms with van der Waals surface area (Å²) in [5.41, 5.74) is 6.23. The lowest BCUT2D eigenvalue weighted by molar-refractivity contribution is 0.339. The summed E-state index contributed by atoms with van der Waals surface area (Å²) in [6.45, 7) is 6.94. The zero-order valence-electron chi connectivity index (χ0n) is 12.4. The van der Waals surface area contributed by atoms with E-state index in [-0.39, 0.29) is 5.56 Å². The second kappa shape index (κ2) is 6.17. The van der Waals surface area contributed by atoms with Crippen LogP contribution in [-0.2, 0) is 6.42 Å². The Morgan fingerprint density at radius 1 is 1.35 bits per heavy atom. The highest BCUT2D eigenvalue weighted by atomic mass is 16.1. The van der Waals surface area contributed by atoms with Crippen LogP contribution in [0.2, 0.25) is 0 Å². The predicted molar refractivity (Wildman–Crippen MR) is 78.7 cm³/mol. The van der Waals surface area contributed by atoms with Gasteiger partial charge in [0.05, 0.1) is 0 Å². The lowest BCUT2D eigenvalue weighted by Crippen LogP contribution is -2.16. The molecular weight excluding hydrogens is 254 g/mol. The lowest BCUT2D eigenvalue weighted by Gasteiger charge is -2.19. The van der Waals surface area contributed by atoms with Crippen LogP contribution >= 0.6 is 0 Å². The molecule has 2 aromatic rings. The Kier molecular flexibility index (Phi) is 4.54. The normalized spacial score (nSPS) is 13.2. The van der Waals surface area contributed by atoms with E-state index in [2.05, 4.69) is 28.9 Å². The van der Waals surface area contributed by atoms with Crippen LogP contribution in [0, 0.1) is 18.8 Å². The van der Waals surface area contributed by atoms with Gasteiger partial charge in [-0.15, -0.1) is 0 Å². The maximum Gasteiger partial charge on any atom is 0.274 e. The maximum absolute atomic E-state index is 11.8. The number of H-pyrrole nitrogens is 1. The number of aryl methyl sites for hydroxylation is 2. The van der Waals surface area contributed by atoms with Gasteiger partial charge in [0.2, 0.25) is 0 Å². The van der Waals surface area contributed by atoms with E-state index in [0.29, 0.717) is 29.9 Å². The summed E-state index contributed by atoms with van der Waals surface area (Å²) in [5, 5.41) is 3.03. The van der Waals surface area contributed by atoms with Crippen molar-refractivity contribution >= 4 is 5.78 Å². The third kappa shape index (κ3) is 3.25. The van der Waals surface area contributed by atoms with Crippen molar-refractivity contribution in [2.45, 2.75) is 40.0 Å². The summed E-state index contributed by atoms with van der Waals surface area (Å²) in [6, 6.07) is 1.50. The third-order valence-corrected chi connectivity index (χ3v) is 3.74. The third-order valence-electron chi connectivity index (χ3n) is 3.74. The van der Waals surface area contributed by atoms with Gasteiger partial charge in [0.1, 0.15) is 5.82 Å². The molecule has 3 N–H and O–H groups in total. The van der Waals surface area contributed by atoms with Crippen molar-refractivity contribution < 1.29 is 0 Å². The average molecular weight is 277 g/mol. The van der Waals surface area contributed by atoms with Crippen molar-refractivity contribution in [3.8, 4) is 0 Å². The van der Waals surface area contributed by atoms with E-state index in [1.165, 1.54) is 10.6 Å². The number of nitrogens with one attached hydrogen (secondary N) is 1. The molecule has 0 saturated carbocycles. The number of hydrogen-bond donors (Lipinski definition) is 2. The Labute approximate surface area is 118 Å². The van der Waals surface area contributed by atoms with Crippen molar-refractivity contribution in [3.63, 3.8) is 0 Å². The summed E-state index contributed by atoms with van der Waals surface area (Å²) in [5.74, 6) is 2.44. The molecule has 0 saturated heterocycles. The smallest absolute Gasteiger partial charge is 0.274 e. The van der Waals surface area contributed by atoms with Crippen molar-refractivity contribution in [3.05, 3.63) is 27.9 Å². The first-order valence-corrected chi connectivity index (χ1v) is 7.16. The molecule has 0 aromatic carbocycles. The molecule has 0 bridgehead atoms. The first kappa shape index (κ1) is 14.7. The van der Waals surface area contributed by atoms with E-state index in [9.17, 15) is 4.79 Å². The number of aromatic amines is 1. The van der Waals surface area contributed by atoms with Crippen molar-refractivity contribution in [2.75, 3.05) is 6.54 Å². The molecule has 110 valence electrons. The van der Waals surface area contributed by atoms with Crippen LogP contribution in [0.15, 0.2) is 10.9 Å². The molecule has 0 amide bonds. The summed E-state index contributed by atoms with van der Waals surface area (Å²) >= 11 is 0. The standard InChI is InChI=1S/C14H23N5O/c1-9(2)11(6-7-15)4-5-12-17-14-16-10(3)8-13(20)19(14)18-12/h8-9,11H,4-7,15H2,1-3H3,(H,16,17,18). The quantitative estimate of drug-likeness (QED) is 0.832. The van der Waals surface area contributed by atoms with Gasteiger partial charge in [-0.05, 0) is 38.1 Å². The number of nitrogens with two attached hydrogens (primary N) is 1. The van der Waals surface area contributed by atoms with E-state index in [0.717, 1.165) is 25.1 Å². The highest BCUT2D eigenvalue weighted by molar-refractivity contribution is 5.27. The Morgan fingerprint density at radius 2 is 2.10 bits per heavy atom. The SMILES string of the molecule is Cc1cc(=O)n2[nH]c(CCC(CCN)C(C)C)nc2n1. The van der Waals surface area contributed by atoms with Crippen LogP contribution in [0.4, 0.5) is 0 Å². The van der Waals surface area contributed by atoms with Gasteiger partial charge in [-0.25, -0.2) is 4.98 Å². The van der Waals surface area contributed by atoms with Crippen molar-refractivity contribution in [1.29, 1.82) is 0 Å². The largest absolute Gasteiger partial charge is 0.330 e. The average Bonchev–Trinajstić information content (AvgIpc) is 2.77.